The zero-order chi connectivity index (χ0) is 22.5. The fourth-order valence-electron chi connectivity index (χ4n) is 4.29. The maximum Gasteiger partial charge on any atom is 0.269 e. The fraction of sp³-hybridized carbons (Fsp3) is 0.167. The average Bonchev–Trinajstić information content (AvgIpc) is 3.27. The summed E-state index contributed by atoms with van der Waals surface area (Å²) < 4.78 is 5.25. The quantitative estimate of drug-likeness (QED) is 0.491. The first-order valence-corrected chi connectivity index (χ1v) is 11.7. The molecule has 5 nitrogen and oxygen atoms in total. The summed E-state index contributed by atoms with van der Waals surface area (Å²) in [5.41, 5.74) is 2.83. The molecule has 2 aliphatic rings. The average molecular weight is 485 g/mol. The van der Waals surface area contributed by atoms with Gasteiger partial charge in [0.15, 0.2) is 0 Å². The van der Waals surface area contributed by atoms with Gasteiger partial charge < -0.3 is 9.64 Å². The molecule has 0 bridgehead atoms. The fourth-order valence-corrected chi connectivity index (χ4v) is 6.16. The molecule has 0 aromatic heterocycles. The van der Waals surface area contributed by atoms with Crippen molar-refractivity contribution in [1.82, 2.24) is 0 Å². The predicted molar refractivity (Wildman–Crippen MR) is 129 cm³/mol. The summed E-state index contributed by atoms with van der Waals surface area (Å²) in [6.45, 7) is 0.210. The summed E-state index contributed by atoms with van der Waals surface area (Å²) in [6, 6.07) is 20.0. The third kappa shape index (κ3) is 3.09. The molecule has 32 heavy (non-hydrogen) atoms. The highest BCUT2D eigenvalue weighted by Crippen LogP contribution is 2.56. The van der Waals surface area contributed by atoms with Gasteiger partial charge >= 0.3 is 0 Å². The second-order valence-corrected chi connectivity index (χ2v) is 9.45. The number of anilines is 2. The first kappa shape index (κ1) is 21.2. The number of rotatable bonds is 4. The number of methoxy groups -OCH3 is 1. The molecule has 1 spiro atoms. The van der Waals surface area contributed by atoms with Gasteiger partial charge in [0.05, 0.1) is 25.1 Å². The van der Waals surface area contributed by atoms with Crippen LogP contribution in [0.2, 0.25) is 10.0 Å². The van der Waals surface area contributed by atoms with E-state index in [2.05, 4.69) is 0 Å². The van der Waals surface area contributed by atoms with Crippen LogP contribution in [0.25, 0.3) is 0 Å². The number of fused-ring (bicyclic) bond motifs is 2. The Morgan fingerprint density at radius 3 is 2.34 bits per heavy atom. The van der Waals surface area contributed by atoms with E-state index in [1.165, 1.54) is 11.8 Å². The monoisotopic (exact) mass is 484 g/mol. The molecule has 3 aromatic rings. The van der Waals surface area contributed by atoms with Crippen molar-refractivity contribution < 1.29 is 14.3 Å². The smallest absolute Gasteiger partial charge is 0.269 e. The molecule has 1 saturated heterocycles. The van der Waals surface area contributed by atoms with E-state index in [0.717, 1.165) is 11.3 Å². The van der Waals surface area contributed by atoms with Gasteiger partial charge in [-0.25, -0.2) is 0 Å². The number of benzene rings is 3. The Bertz CT molecular complexity index is 1210. The summed E-state index contributed by atoms with van der Waals surface area (Å²) in [5, 5.41) is 0.983. The molecule has 2 heterocycles. The number of thioether (sulfide) groups is 1. The number of hydrogen-bond donors (Lipinski definition) is 0. The minimum absolute atomic E-state index is 0.124. The van der Waals surface area contributed by atoms with Crippen LogP contribution in [0.3, 0.4) is 0 Å². The molecule has 0 N–H and O–H groups in total. The lowest BCUT2D eigenvalue weighted by molar-refractivity contribution is -0.123. The van der Waals surface area contributed by atoms with Crippen LogP contribution < -0.4 is 14.5 Å². The van der Waals surface area contributed by atoms with Crippen molar-refractivity contribution in [1.29, 1.82) is 0 Å². The SMILES string of the molecule is COc1ccc(N2C(=O)CSC23C(=O)N(Cc2c(Cl)cccc2Cl)c2ccccc23)cc1. The van der Waals surface area contributed by atoms with Crippen molar-refractivity contribution >= 4 is 58.2 Å². The van der Waals surface area contributed by atoms with Gasteiger partial charge in [0.25, 0.3) is 5.91 Å². The van der Waals surface area contributed by atoms with E-state index in [9.17, 15) is 9.59 Å². The Hall–Kier alpha value is -2.67. The Kier molecular flexibility index (Phi) is 5.32. The van der Waals surface area contributed by atoms with E-state index in [1.54, 1.807) is 59.4 Å². The molecule has 1 atom stereocenters. The van der Waals surface area contributed by atoms with Crippen molar-refractivity contribution in [2.45, 2.75) is 11.4 Å². The van der Waals surface area contributed by atoms with Crippen LogP contribution in [0.15, 0.2) is 66.7 Å². The molecule has 1 fully saturated rings. The Balaban J connectivity index is 1.64. The Morgan fingerprint density at radius 1 is 0.969 bits per heavy atom. The van der Waals surface area contributed by atoms with Crippen LogP contribution in [-0.2, 0) is 21.0 Å². The minimum Gasteiger partial charge on any atom is -0.497 e. The van der Waals surface area contributed by atoms with Crippen molar-refractivity contribution in [3.63, 3.8) is 0 Å². The molecule has 5 rings (SSSR count). The van der Waals surface area contributed by atoms with Crippen molar-refractivity contribution in [3.05, 3.63) is 87.9 Å². The largest absolute Gasteiger partial charge is 0.497 e. The molecule has 0 radical (unpaired) electrons. The van der Waals surface area contributed by atoms with Gasteiger partial charge in [-0.05, 0) is 42.5 Å². The summed E-state index contributed by atoms with van der Waals surface area (Å²) in [6.07, 6.45) is 0. The van der Waals surface area contributed by atoms with Gasteiger partial charge in [0.1, 0.15) is 5.75 Å². The maximum atomic E-state index is 14.1. The van der Waals surface area contributed by atoms with Gasteiger partial charge in [-0.2, -0.15) is 0 Å². The summed E-state index contributed by atoms with van der Waals surface area (Å²) in [5.74, 6) is 0.560. The second kappa shape index (κ2) is 8.03. The van der Waals surface area contributed by atoms with Crippen molar-refractivity contribution in [2.75, 3.05) is 22.7 Å². The van der Waals surface area contributed by atoms with E-state index >= 15 is 0 Å². The van der Waals surface area contributed by atoms with Crippen LogP contribution in [0.5, 0.6) is 5.75 Å². The van der Waals surface area contributed by atoms with Gasteiger partial charge in [0, 0.05) is 26.9 Å². The number of para-hydroxylation sites is 1. The third-order valence-corrected chi connectivity index (χ3v) is 7.87. The Morgan fingerprint density at radius 2 is 1.66 bits per heavy atom. The topological polar surface area (TPSA) is 49.9 Å². The molecule has 8 heteroatoms. The molecular formula is C24H18Cl2N2O3S. The van der Waals surface area contributed by atoms with E-state index in [0.29, 0.717) is 27.0 Å². The second-order valence-electron chi connectivity index (χ2n) is 7.47. The molecule has 0 aliphatic carbocycles. The minimum atomic E-state index is -1.18. The summed E-state index contributed by atoms with van der Waals surface area (Å²) >= 11 is 14.1. The van der Waals surface area contributed by atoms with Crippen LogP contribution in [0.4, 0.5) is 11.4 Å². The highest BCUT2D eigenvalue weighted by Gasteiger charge is 2.61. The highest BCUT2D eigenvalue weighted by molar-refractivity contribution is 8.02. The van der Waals surface area contributed by atoms with E-state index in [4.69, 9.17) is 27.9 Å². The highest BCUT2D eigenvalue weighted by atomic mass is 35.5. The van der Waals surface area contributed by atoms with Gasteiger partial charge in [-0.1, -0.05) is 47.5 Å². The zero-order valence-corrected chi connectivity index (χ0v) is 19.4. The van der Waals surface area contributed by atoms with Gasteiger partial charge in [0.2, 0.25) is 10.8 Å². The first-order chi connectivity index (χ1) is 15.5. The van der Waals surface area contributed by atoms with Crippen molar-refractivity contribution in [2.24, 2.45) is 0 Å². The number of hydrogen-bond acceptors (Lipinski definition) is 4. The number of carbonyl (C=O) groups is 2. The van der Waals surface area contributed by atoms with Gasteiger partial charge in [-0.15, -0.1) is 11.8 Å². The van der Waals surface area contributed by atoms with Crippen molar-refractivity contribution in [3.8, 4) is 5.75 Å². The maximum absolute atomic E-state index is 14.1. The normalized spacial score (nSPS) is 19.7. The molecule has 162 valence electrons. The molecule has 2 aliphatic heterocycles. The number of ether oxygens (including phenoxy) is 1. The van der Waals surface area contributed by atoms with Crippen LogP contribution in [0, 0.1) is 0 Å². The van der Waals surface area contributed by atoms with Crippen LogP contribution in [0.1, 0.15) is 11.1 Å². The zero-order valence-electron chi connectivity index (χ0n) is 17.0. The number of amides is 2. The standard InChI is InChI=1S/C24H18Cl2N2O3S/c1-31-16-11-9-15(10-12-16)28-22(29)14-32-24(28)18-5-2-3-8-21(18)27(23(24)30)13-17-19(25)6-4-7-20(17)26/h2-12H,13-14H2,1H3. The molecule has 0 saturated carbocycles. The van der Waals surface area contributed by atoms with Gasteiger partial charge in [-0.3, -0.25) is 14.5 Å². The number of halogens is 2. The lowest BCUT2D eigenvalue weighted by atomic mass is 10.0. The van der Waals surface area contributed by atoms with E-state index in [-0.39, 0.29) is 24.1 Å². The number of carbonyl (C=O) groups excluding carboxylic acids is 2. The molecular weight excluding hydrogens is 467 g/mol. The Labute approximate surface area is 199 Å². The first-order valence-electron chi connectivity index (χ1n) is 9.93. The molecule has 2 amide bonds. The third-order valence-electron chi connectivity index (χ3n) is 5.77. The summed E-state index contributed by atoms with van der Waals surface area (Å²) in [7, 11) is 1.59. The lowest BCUT2D eigenvalue weighted by Gasteiger charge is -2.33. The van der Waals surface area contributed by atoms with E-state index < -0.39 is 4.87 Å². The van der Waals surface area contributed by atoms with Crippen LogP contribution in [-0.4, -0.2) is 24.7 Å². The van der Waals surface area contributed by atoms with Crippen LogP contribution >= 0.6 is 35.0 Å². The van der Waals surface area contributed by atoms with E-state index in [1.807, 2.05) is 24.3 Å². The lowest BCUT2D eigenvalue weighted by Crippen LogP contribution is -2.49. The summed E-state index contributed by atoms with van der Waals surface area (Å²) in [4.78, 5) is 29.2. The molecule has 1 unspecified atom stereocenters. The predicted octanol–water partition coefficient (Wildman–Crippen LogP) is 5.48. The molecule has 3 aromatic carbocycles. The number of nitrogens with zero attached hydrogens (tertiary/aromatic N) is 2.